The van der Waals surface area contributed by atoms with Crippen LogP contribution < -0.4 is 0 Å². The molecule has 0 unspecified atom stereocenters. The number of hydrogen-bond acceptors (Lipinski definition) is 3. The zero-order chi connectivity index (χ0) is 13.6. The summed E-state index contributed by atoms with van der Waals surface area (Å²) in [5.74, 6) is 0.962. The molecule has 2 nitrogen and oxygen atoms in total. The molecule has 0 amide bonds. The summed E-state index contributed by atoms with van der Waals surface area (Å²) in [5.41, 5.74) is 1.69. The normalized spacial score (nSPS) is 18.1. The van der Waals surface area contributed by atoms with Crippen LogP contribution in [0.1, 0.15) is 31.2 Å². The van der Waals surface area contributed by atoms with Crippen molar-refractivity contribution in [2.75, 3.05) is 25.4 Å². The van der Waals surface area contributed by atoms with E-state index >= 15 is 0 Å². The average molecular weight is 279 g/mol. The fourth-order valence-electron chi connectivity index (χ4n) is 3.16. The Labute approximate surface area is 122 Å². The molecule has 0 aromatic heterocycles. The van der Waals surface area contributed by atoms with E-state index in [1.807, 2.05) is 6.07 Å². The molecular formula is C16H25NOS. The number of hydrogen-bond donors (Lipinski definition) is 2. The van der Waals surface area contributed by atoms with Crippen LogP contribution in [0.4, 0.5) is 0 Å². The predicted molar refractivity (Wildman–Crippen MR) is 83.6 cm³/mol. The molecule has 0 aliphatic heterocycles. The minimum absolute atomic E-state index is 0.232. The Bertz CT molecular complexity index is 362. The summed E-state index contributed by atoms with van der Waals surface area (Å²) in [5, 5.41) is 9.28. The third kappa shape index (κ3) is 4.23. The maximum Gasteiger partial charge on any atom is 0.0558 e. The van der Waals surface area contributed by atoms with Crippen LogP contribution in [0.15, 0.2) is 30.3 Å². The topological polar surface area (TPSA) is 23.5 Å². The van der Waals surface area contributed by atoms with Crippen molar-refractivity contribution in [2.24, 2.45) is 5.41 Å². The van der Waals surface area contributed by atoms with Crippen LogP contribution in [0.2, 0.25) is 0 Å². The molecule has 0 atom stereocenters. The highest BCUT2D eigenvalue weighted by Crippen LogP contribution is 2.39. The van der Waals surface area contributed by atoms with Crippen molar-refractivity contribution < 1.29 is 5.11 Å². The number of rotatable bonds is 7. The summed E-state index contributed by atoms with van der Waals surface area (Å²) in [6.07, 6.45) is 5.23. The molecule has 1 aromatic rings. The van der Waals surface area contributed by atoms with Gasteiger partial charge >= 0.3 is 0 Å². The first kappa shape index (κ1) is 14.9. The van der Waals surface area contributed by atoms with Crippen molar-refractivity contribution in [3.63, 3.8) is 0 Å². The predicted octanol–water partition coefficient (Wildman–Crippen LogP) is 2.97. The first-order valence-corrected chi connectivity index (χ1v) is 7.89. The van der Waals surface area contributed by atoms with Gasteiger partial charge in [-0.3, -0.25) is 4.90 Å². The van der Waals surface area contributed by atoms with Crippen LogP contribution in [-0.2, 0) is 6.54 Å². The Morgan fingerprint density at radius 1 is 1.16 bits per heavy atom. The van der Waals surface area contributed by atoms with Crippen LogP contribution in [0, 0.1) is 5.41 Å². The lowest BCUT2D eigenvalue weighted by atomic mass is 9.87. The van der Waals surface area contributed by atoms with E-state index in [1.54, 1.807) is 0 Å². The summed E-state index contributed by atoms with van der Waals surface area (Å²) in [4.78, 5) is 2.39. The van der Waals surface area contributed by atoms with E-state index < -0.39 is 0 Å². The van der Waals surface area contributed by atoms with Gasteiger partial charge in [0.15, 0.2) is 0 Å². The zero-order valence-electron chi connectivity index (χ0n) is 11.6. The van der Waals surface area contributed by atoms with E-state index in [4.69, 9.17) is 0 Å². The molecule has 106 valence electrons. The van der Waals surface area contributed by atoms with Gasteiger partial charge in [-0.1, -0.05) is 43.2 Å². The zero-order valence-corrected chi connectivity index (χ0v) is 12.5. The van der Waals surface area contributed by atoms with E-state index in [2.05, 4.69) is 41.8 Å². The Morgan fingerprint density at radius 2 is 1.84 bits per heavy atom. The van der Waals surface area contributed by atoms with Gasteiger partial charge in [-0.15, -0.1) is 0 Å². The molecule has 0 spiro atoms. The third-order valence-corrected chi connectivity index (χ3v) is 4.89. The highest BCUT2D eigenvalue weighted by Gasteiger charge is 2.34. The van der Waals surface area contributed by atoms with Crippen LogP contribution in [0.3, 0.4) is 0 Å². The van der Waals surface area contributed by atoms with Crippen LogP contribution in [0.5, 0.6) is 0 Å². The number of nitrogens with zero attached hydrogens (tertiary/aromatic N) is 1. The SMILES string of the molecule is OCCN(Cc1ccccc1)CC1(CS)CCCC1. The number of benzene rings is 1. The molecule has 0 radical (unpaired) electrons. The maximum atomic E-state index is 9.28. The summed E-state index contributed by atoms with van der Waals surface area (Å²) in [6.45, 7) is 2.97. The van der Waals surface area contributed by atoms with Crippen molar-refractivity contribution in [3.05, 3.63) is 35.9 Å². The number of aliphatic hydroxyl groups is 1. The van der Waals surface area contributed by atoms with Crippen molar-refractivity contribution >= 4 is 12.6 Å². The minimum atomic E-state index is 0.232. The third-order valence-electron chi connectivity index (χ3n) is 4.22. The van der Waals surface area contributed by atoms with Gasteiger partial charge in [-0.25, -0.2) is 0 Å². The number of aliphatic hydroxyl groups excluding tert-OH is 1. The van der Waals surface area contributed by atoms with E-state index in [-0.39, 0.29) is 6.61 Å². The van der Waals surface area contributed by atoms with Gasteiger partial charge < -0.3 is 5.11 Å². The summed E-state index contributed by atoms with van der Waals surface area (Å²) < 4.78 is 0. The molecule has 0 heterocycles. The second-order valence-electron chi connectivity index (χ2n) is 5.79. The van der Waals surface area contributed by atoms with Crippen molar-refractivity contribution in [1.82, 2.24) is 4.90 Å². The molecule has 1 fully saturated rings. The summed E-state index contributed by atoms with van der Waals surface area (Å²) in [7, 11) is 0. The van der Waals surface area contributed by atoms with Gasteiger partial charge in [0, 0.05) is 19.6 Å². The summed E-state index contributed by atoms with van der Waals surface area (Å²) in [6, 6.07) is 10.5. The standard InChI is InChI=1S/C16H25NOS/c18-11-10-17(12-15-6-2-1-3-7-15)13-16(14-19)8-4-5-9-16/h1-3,6-7,18-19H,4-5,8-14H2. The van der Waals surface area contributed by atoms with Gasteiger partial charge in [0.05, 0.1) is 6.61 Å². The molecule has 1 aliphatic rings. The van der Waals surface area contributed by atoms with Gasteiger partial charge in [-0.05, 0) is 29.6 Å². The van der Waals surface area contributed by atoms with Crippen LogP contribution in [-0.4, -0.2) is 35.5 Å². The van der Waals surface area contributed by atoms with Crippen molar-refractivity contribution in [3.8, 4) is 0 Å². The Balaban J connectivity index is 1.99. The van der Waals surface area contributed by atoms with Gasteiger partial charge in [0.2, 0.25) is 0 Å². The monoisotopic (exact) mass is 279 g/mol. The molecule has 3 heteroatoms. The lowest BCUT2D eigenvalue weighted by Gasteiger charge is -2.34. The van der Waals surface area contributed by atoms with E-state index in [0.29, 0.717) is 5.41 Å². The molecule has 0 bridgehead atoms. The first-order valence-electron chi connectivity index (χ1n) is 7.26. The smallest absolute Gasteiger partial charge is 0.0558 e. The number of thiol groups is 1. The average Bonchev–Trinajstić information content (AvgIpc) is 2.89. The van der Waals surface area contributed by atoms with Gasteiger partial charge in [0.1, 0.15) is 0 Å². The van der Waals surface area contributed by atoms with Crippen molar-refractivity contribution in [1.29, 1.82) is 0 Å². The Morgan fingerprint density at radius 3 is 2.42 bits per heavy atom. The molecule has 1 aliphatic carbocycles. The van der Waals surface area contributed by atoms with Crippen LogP contribution >= 0.6 is 12.6 Å². The summed E-state index contributed by atoms with van der Waals surface area (Å²) >= 11 is 4.58. The van der Waals surface area contributed by atoms with Crippen LogP contribution in [0.25, 0.3) is 0 Å². The Hall–Kier alpha value is -0.510. The molecule has 1 N–H and O–H groups in total. The molecule has 0 saturated heterocycles. The molecule has 19 heavy (non-hydrogen) atoms. The van der Waals surface area contributed by atoms with Gasteiger partial charge in [-0.2, -0.15) is 12.6 Å². The second kappa shape index (κ2) is 7.32. The largest absolute Gasteiger partial charge is 0.395 e. The fourth-order valence-corrected chi connectivity index (χ4v) is 3.58. The Kier molecular flexibility index (Phi) is 5.74. The minimum Gasteiger partial charge on any atom is -0.395 e. The fraction of sp³-hybridized carbons (Fsp3) is 0.625. The molecule has 1 aromatic carbocycles. The highest BCUT2D eigenvalue weighted by atomic mass is 32.1. The molecular weight excluding hydrogens is 254 g/mol. The van der Waals surface area contributed by atoms with E-state index in [1.165, 1.54) is 31.2 Å². The lowest BCUT2D eigenvalue weighted by molar-refractivity contribution is 0.134. The lowest BCUT2D eigenvalue weighted by Crippen LogP contribution is -2.38. The van der Waals surface area contributed by atoms with E-state index in [9.17, 15) is 5.11 Å². The highest BCUT2D eigenvalue weighted by molar-refractivity contribution is 7.80. The molecule has 2 rings (SSSR count). The molecule has 1 saturated carbocycles. The first-order chi connectivity index (χ1) is 9.28. The maximum absolute atomic E-state index is 9.28. The van der Waals surface area contributed by atoms with Gasteiger partial charge in [0.25, 0.3) is 0 Å². The van der Waals surface area contributed by atoms with Crippen molar-refractivity contribution in [2.45, 2.75) is 32.2 Å². The quantitative estimate of drug-likeness (QED) is 0.750. The van der Waals surface area contributed by atoms with E-state index in [0.717, 1.165) is 25.4 Å². The second-order valence-corrected chi connectivity index (χ2v) is 6.10.